The van der Waals surface area contributed by atoms with Crippen LogP contribution in [0.1, 0.15) is 0 Å². The van der Waals surface area contributed by atoms with Gasteiger partial charge in [0.15, 0.2) is 9.84 Å². The molecule has 1 aliphatic heterocycles. The maximum Gasteiger partial charge on any atom is 0.256 e. The van der Waals surface area contributed by atoms with Gasteiger partial charge in [-0.2, -0.15) is 0 Å². The molecule has 100 valence electrons. The van der Waals surface area contributed by atoms with Crippen LogP contribution in [0.2, 0.25) is 0 Å². The Bertz CT molecular complexity index is 376. The quantitative estimate of drug-likeness (QED) is 0.614. The van der Waals surface area contributed by atoms with Crippen LogP contribution in [0.3, 0.4) is 0 Å². The highest BCUT2D eigenvalue weighted by molar-refractivity contribution is 7.91. The monoisotopic (exact) mass is 339 g/mol. The van der Waals surface area contributed by atoms with Crippen molar-refractivity contribution in [1.82, 2.24) is 5.32 Å². The molecule has 0 radical (unpaired) electrons. The molecule has 1 N–H and O–H groups in total. The summed E-state index contributed by atoms with van der Waals surface area (Å²) in [4.78, 5) is 0. The van der Waals surface area contributed by atoms with E-state index in [1.807, 2.05) is 0 Å². The smallest absolute Gasteiger partial charge is 0.256 e. The van der Waals surface area contributed by atoms with Gasteiger partial charge in [0.25, 0.3) is 5.17 Å². The average Bonchev–Trinajstić information content (AvgIpc) is 2.48. The number of alkyl halides is 3. The fourth-order valence-electron chi connectivity index (χ4n) is 1.34. The maximum absolute atomic E-state index is 11.3. The maximum atomic E-state index is 11.3. The van der Waals surface area contributed by atoms with Gasteiger partial charge in [-0.25, -0.2) is 8.42 Å². The summed E-state index contributed by atoms with van der Waals surface area (Å²) in [5, 5.41) is 2.02. The first kappa shape index (κ1) is 15.6. The number of sulfone groups is 1. The van der Waals surface area contributed by atoms with Crippen LogP contribution in [0.4, 0.5) is 0 Å². The van der Waals surface area contributed by atoms with Crippen LogP contribution in [0.5, 0.6) is 0 Å². The molecular formula is C8H12Cl3NO3S2. The van der Waals surface area contributed by atoms with Gasteiger partial charge in [-0.1, -0.05) is 0 Å². The molecule has 0 aliphatic carbocycles. The van der Waals surface area contributed by atoms with E-state index in [1.54, 1.807) is 0 Å². The molecular weight excluding hydrogens is 329 g/mol. The lowest BCUT2D eigenvalue weighted by Crippen LogP contribution is -2.41. The predicted molar refractivity (Wildman–Crippen MR) is 74.1 cm³/mol. The SMILES string of the molecule is O=S1(=O)C[C@H](Cl)[C@H](NC(=S)OC[C@H](Cl)CCl)C1. The molecule has 0 unspecified atom stereocenters. The zero-order valence-electron chi connectivity index (χ0n) is 8.74. The van der Waals surface area contributed by atoms with E-state index in [4.69, 9.17) is 51.8 Å². The summed E-state index contributed by atoms with van der Waals surface area (Å²) in [6.45, 7) is 0.170. The second-order valence-electron chi connectivity index (χ2n) is 3.69. The minimum Gasteiger partial charge on any atom is -0.469 e. The Hall–Kier alpha value is 0.510. The molecule has 9 heteroatoms. The Balaban J connectivity index is 2.37. The van der Waals surface area contributed by atoms with E-state index in [9.17, 15) is 8.42 Å². The number of ether oxygens (including phenoxy) is 1. The van der Waals surface area contributed by atoms with Gasteiger partial charge in [0.05, 0.1) is 28.3 Å². The van der Waals surface area contributed by atoms with E-state index < -0.39 is 21.3 Å². The molecule has 17 heavy (non-hydrogen) atoms. The Morgan fingerprint density at radius 1 is 1.53 bits per heavy atom. The summed E-state index contributed by atoms with van der Waals surface area (Å²) in [6.07, 6.45) is 0. The lowest BCUT2D eigenvalue weighted by Gasteiger charge is -2.17. The molecule has 0 aromatic heterocycles. The zero-order chi connectivity index (χ0) is 13.1. The van der Waals surface area contributed by atoms with Gasteiger partial charge in [0, 0.05) is 5.88 Å². The van der Waals surface area contributed by atoms with Gasteiger partial charge >= 0.3 is 0 Å². The van der Waals surface area contributed by atoms with Crippen molar-refractivity contribution in [3.8, 4) is 0 Å². The van der Waals surface area contributed by atoms with Crippen molar-refractivity contribution in [3.05, 3.63) is 0 Å². The van der Waals surface area contributed by atoms with Crippen molar-refractivity contribution in [3.63, 3.8) is 0 Å². The fourth-order valence-corrected chi connectivity index (χ4v) is 4.26. The van der Waals surface area contributed by atoms with Gasteiger partial charge in [-0.15, -0.1) is 34.8 Å². The number of thiocarbonyl (C=S) groups is 1. The standard InChI is InChI=1S/C8H12Cl3NO3S2/c9-1-5(10)2-15-8(16)12-7-4-17(13,14)3-6(7)11/h5-7H,1-4H2,(H,12,16)/t5-,6+,7-/m1/s1. The van der Waals surface area contributed by atoms with Gasteiger partial charge in [-0.05, 0) is 12.2 Å². The highest BCUT2D eigenvalue weighted by atomic mass is 35.5. The van der Waals surface area contributed by atoms with E-state index in [0.717, 1.165) is 0 Å². The molecule has 0 aromatic rings. The summed E-state index contributed by atoms with van der Waals surface area (Å²) < 4.78 is 27.7. The number of hydrogen-bond acceptors (Lipinski definition) is 4. The Morgan fingerprint density at radius 2 is 2.18 bits per heavy atom. The largest absolute Gasteiger partial charge is 0.469 e. The topological polar surface area (TPSA) is 55.4 Å². The summed E-state index contributed by atoms with van der Waals surface area (Å²) in [5.74, 6) is 0.166. The van der Waals surface area contributed by atoms with Gasteiger partial charge < -0.3 is 10.1 Å². The van der Waals surface area contributed by atoms with Gasteiger partial charge in [0.2, 0.25) is 0 Å². The van der Waals surface area contributed by atoms with E-state index in [-0.39, 0.29) is 34.5 Å². The lowest BCUT2D eigenvalue weighted by atomic mass is 10.3. The number of nitrogens with one attached hydrogen (secondary N) is 1. The van der Waals surface area contributed by atoms with E-state index in [1.165, 1.54) is 0 Å². The van der Waals surface area contributed by atoms with E-state index in [0.29, 0.717) is 0 Å². The molecule has 0 bridgehead atoms. The molecule has 1 fully saturated rings. The fraction of sp³-hybridized carbons (Fsp3) is 0.875. The van der Waals surface area contributed by atoms with Crippen LogP contribution in [-0.2, 0) is 14.6 Å². The summed E-state index contributed by atoms with van der Waals surface area (Å²) >= 11 is 22.0. The Kier molecular flexibility index (Phi) is 6.05. The minimum atomic E-state index is -3.08. The van der Waals surface area contributed by atoms with Gasteiger partial charge in [-0.3, -0.25) is 0 Å². The highest BCUT2D eigenvalue weighted by Crippen LogP contribution is 2.18. The van der Waals surface area contributed by atoms with E-state index in [2.05, 4.69) is 5.32 Å². The summed E-state index contributed by atoms with van der Waals surface area (Å²) in [7, 11) is -3.08. The number of rotatable bonds is 4. The average molecular weight is 341 g/mol. The van der Waals surface area contributed by atoms with Crippen LogP contribution in [0.25, 0.3) is 0 Å². The molecule has 0 amide bonds. The van der Waals surface area contributed by atoms with Crippen molar-refractivity contribution < 1.29 is 13.2 Å². The minimum absolute atomic E-state index is 0.0372. The molecule has 0 aromatic carbocycles. The third-order valence-electron chi connectivity index (χ3n) is 2.15. The number of hydrogen-bond donors (Lipinski definition) is 1. The van der Waals surface area contributed by atoms with Crippen LogP contribution < -0.4 is 5.32 Å². The van der Waals surface area contributed by atoms with Crippen LogP contribution in [0.15, 0.2) is 0 Å². The molecule has 3 atom stereocenters. The first-order valence-corrected chi connectivity index (χ1v) is 8.45. The molecule has 1 heterocycles. The van der Waals surface area contributed by atoms with Crippen LogP contribution in [-0.4, -0.2) is 54.4 Å². The third-order valence-corrected chi connectivity index (χ3v) is 5.57. The second-order valence-corrected chi connectivity index (χ2v) is 7.70. The molecule has 0 spiro atoms. The first-order chi connectivity index (χ1) is 7.84. The third kappa shape index (κ3) is 5.34. The normalized spacial score (nSPS) is 28.6. The molecule has 1 aliphatic rings. The molecule has 1 saturated heterocycles. The molecule has 4 nitrogen and oxygen atoms in total. The summed E-state index contributed by atoms with van der Waals surface area (Å²) in [6, 6.07) is -0.418. The highest BCUT2D eigenvalue weighted by Gasteiger charge is 2.37. The summed E-state index contributed by atoms with van der Waals surface area (Å²) in [5.41, 5.74) is 0. The van der Waals surface area contributed by atoms with Crippen molar-refractivity contribution in [2.45, 2.75) is 16.8 Å². The van der Waals surface area contributed by atoms with Crippen LogP contribution >= 0.6 is 47.0 Å². The molecule has 1 rings (SSSR count). The predicted octanol–water partition coefficient (Wildman–Crippen LogP) is 1.13. The zero-order valence-corrected chi connectivity index (χ0v) is 12.6. The van der Waals surface area contributed by atoms with Crippen molar-refractivity contribution in [2.24, 2.45) is 0 Å². The van der Waals surface area contributed by atoms with Gasteiger partial charge in [0.1, 0.15) is 6.61 Å². The van der Waals surface area contributed by atoms with Crippen molar-refractivity contribution in [1.29, 1.82) is 0 Å². The second kappa shape index (κ2) is 6.61. The lowest BCUT2D eigenvalue weighted by molar-refractivity contribution is 0.298. The van der Waals surface area contributed by atoms with Crippen molar-refractivity contribution >= 4 is 62.0 Å². The molecule has 0 saturated carbocycles. The van der Waals surface area contributed by atoms with Crippen molar-refractivity contribution in [2.75, 3.05) is 24.0 Å². The first-order valence-electron chi connectivity index (χ1n) is 4.82. The number of halogens is 3. The Morgan fingerprint density at radius 3 is 2.65 bits per heavy atom. The Labute approximate surface area is 121 Å². The van der Waals surface area contributed by atoms with Crippen LogP contribution in [0, 0.1) is 0 Å². The van der Waals surface area contributed by atoms with E-state index >= 15 is 0 Å².